The first-order chi connectivity index (χ1) is 34.6. The molecular weight excluding hydrogens is 899 g/mol. The van der Waals surface area contributed by atoms with Crippen molar-refractivity contribution in [3.05, 3.63) is 126 Å². The fourth-order valence-corrected chi connectivity index (χ4v) is 8.42. The van der Waals surface area contributed by atoms with Gasteiger partial charge in [-0.2, -0.15) is 5.26 Å². The lowest BCUT2D eigenvalue weighted by molar-refractivity contribution is -0.152. The van der Waals surface area contributed by atoms with Crippen LogP contribution in [0.15, 0.2) is 110 Å². The van der Waals surface area contributed by atoms with Crippen LogP contribution in [0.3, 0.4) is 0 Å². The standard InChI is InChI=1S/C59H73NO11/c1-4-46(42-44(3)57(62)69-40-12-8-6-10-36-65-52-28-20-48(21-29-52)47-18-16-45(43-60)17-19-47)58(63)70-41-13-9-7-11-37-66-53-30-22-49(23-31-53)50-24-34-55(35-25-50)71-59(64)51-26-32-54(33-27-51)67-38-14-15-39-68-56(61)5-2/h5,16-23,26-33,44,46,50,55H,2,4,6-15,24-25,34-42H2,1,3H3. The quantitative estimate of drug-likeness (QED) is 0.0198. The summed E-state index contributed by atoms with van der Waals surface area (Å²) < 4.78 is 39.6. The van der Waals surface area contributed by atoms with Crippen LogP contribution in [0.4, 0.5) is 0 Å². The zero-order valence-electron chi connectivity index (χ0n) is 41.8. The van der Waals surface area contributed by atoms with Crippen LogP contribution in [0.1, 0.15) is 144 Å². The van der Waals surface area contributed by atoms with E-state index >= 15 is 0 Å². The summed E-state index contributed by atoms with van der Waals surface area (Å²) in [5, 5.41) is 9.00. The van der Waals surface area contributed by atoms with E-state index < -0.39 is 5.97 Å². The number of rotatable bonds is 32. The van der Waals surface area contributed by atoms with Crippen LogP contribution in [-0.2, 0) is 33.3 Å². The van der Waals surface area contributed by atoms with Crippen molar-refractivity contribution in [2.24, 2.45) is 11.8 Å². The maximum Gasteiger partial charge on any atom is 0.338 e. The molecule has 0 radical (unpaired) electrons. The number of benzene rings is 4. The molecule has 4 aromatic rings. The molecule has 0 aliphatic heterocycles. The van der Waals surface area contributed by atoms with Crippen molar-refractivity contribution < 1.29 is 52.3 Å². The van der Waals surface area contributed by atoms with Gasteiger partial charge < -0.3 is 33.2 Å². The van der Waals surface area contributed by atoms with Crippen molar-refractivity contribution in [2.75, 3.05) is 39.6 Å². The van der Waals surface area contributed by atoms with Gasteiger partial charge in [0.15, 0.2) is 0 Å². The maximum absolute atomic E-state index is 12.8. The molecule has 4 aromatic carbocycles. The van der Waals surface area contributed by atoms with Gasteiger partial charge in [-0.25, -0.2) is 9.59 Å². The normalized spacial score (nSPS) is 15.0. The summed E-state index contributed by atoms with van der Waals surface area (Å²) in [6.07, 6.45) is 14.2. The number of carbonyl (C=O) groups is 4. The van der Waals surface area contributed by atoms with Crippen LogP contribution >= 0.6 is 0 Å². The molecule has 380 valence electrons. The van der Waals surface area contributed by atoms with Gasteiger partial charge in [0.1, 0.15) is 23.4 Å². The third-order valence-corrected chi connectivity index (χ3v) is 12.8. The number of hydrogen-bond donors (Lipinski definition) is 0. The van der Waals surface area contributed by atoms with E-state index in [-0.39, 0.29) is 35.8 Å². The molecule has 0 heterocycles. The molecule has 2 atom stereocenters. The molecule has 0 saturated heterocycles. The van der Waals surface area contributed by atoms with Crippen molar-refractivity contribution in [1.29, 1.82) is 5.26 Å². The summed E-state index contributed by atoms with van der Waals surface area (Å²) in [6.45, 7) is 9.90. The molecule has 5 rings (SSSR count). The Morgan fingerprint density at radius 1 is 0.592 bits per heavy atom. The van der Waals surface area contributed by atoms with Gasteiger partial charge in [-0.05, 0) is 186 Å². The summed E-state index contributed by atoms with van der Waals surface area (Å²) in [6, 6.07) is 32.9. The summed E-state index contributed by atoms with van der Waals surface area (Å²) >= 11 is 0. The molecule has 71 heavy (non-hydrogen) atoms. The Hall–Kier alpha value is -6.61. The lowest BCUT2D eigenvalue weighted by atomic mass is 9.83. The SMILES string of the molecule is C=CC(=O)OCCCCOc1ccc(C(=O)OC2CCC(c3ccc(OCCCCCCOC(=O)C(CC)CC(C)C(=O)OCCCCCCOc4ccc(-c5ccc(C#N)cc5)cc4)cc3)CC2)cc1. The predicted molar refractivity (Wildman–Crippen MR) is 273 cm³/mol. The third kappa shape index (κ3) is 20.3. The van der Waals surface area contributed by atoms with Crippen molar-refractivity contribution in [2.45, 2.75) is 129 Å². The van der Waals surface area contributed by atoms with E-state index in [2.05, 4.69) is 24.8 Å². The van der Waals surface area contributed by atoms with Crippen molar-refractivity contribution in [1.82, 2.24) is 0 Å². The van der Waals surface area contributed by atoms with E-state index in [0.717, 1.165) is 112 Å². The molecule has 2 unspecified atom stereocenters. The minimum atomic E-state index is -0.428. The van der Waals surface area contributed by atoms with Gasteiger partial charge in [-0.3, -0.25) is 9.59 Å². The first kappa shape index (κ1) is 55.3. The van der Waals surface area contributed by atoms with Gasteiger partial charge in [0.2, 0.25) is 0 Å². The van der Waals surface area contributed by atoms with E-state index in [1.54, 1.807) is 24.3 Å². The number of unbranched alkanes of at least 4 members (excludes halogenated alkanes) is 7. The maximum atomic E-state index is 12.8. The van der Waals surface area contributed by atoms with Crippen LogP contribution in [0.2, 0.25) is 0 Å². The second-order valence-electron chi connectivity index (χ2n) is 18.2. The van der Waals surface area contributed by atoms with Crippen LogP contribution in [0.5, 0.6) is 17.2 Å². The monoisotopic (exact) mass is 972 g/mol. The Balaban J connectivity index is 0.831. The Labute approximate surface area is 421 Å². The molecular formula is C59H73NO11. The Bertz CT molecular complexity index is 2240. The molecule has 1 aliphatic rings. The second-order valence-corrected chi connectivity index (χ2v) is 18.2. The number of nitriles is 1. The Morgan fingerprint density at radius 2 is 1.04 bits per heavy atom. The fourth-order valence-electron chi connectivity index (χ4n) is 8.42. The smallest absolute Gasteiger partial charge is 0.338 e. The first-order valence-corrected chi connectivity index (χ1v) is 25.7. The highest BCUT2D eigenvalue weighted by molar-refractivity contribution is 5.89. The molecule has 0 spiro atoms. The van der Waals surface area contributed by atoms with E-state index in [1.807, 2.05) is 74.5 Å². The minimum Gasteiger partial charge on any atom is -0.494 e. The molecule has 0 bridgehead atoms. The van der Waals surface area contributed by atoms with Gasteiger partial charge in [-0.1, -0.05) is 56.8 Å². The first-order valence-electron chi connectivity index (χ1n) is 25.7. The van der Waals surface area contributed by atoms with Crippen LogP contribution in [0.25, 0.3) is 11.1 Å². The molecule has 0 N–H and O–H groups in total. The molecule has 1 aliphatic carbocycles. The molecule has 0 amide bonds. The lowest BCUT2D eigenvalue weighted by Gasteiger charge is -2.28. The number of carbonyl (C=O) groups excluding carboxylic acids is 4. The van der Waals surface area contributed by atoms with Crippen molar-refractivity contribution >= 4 is 23.9 Å². The van der Waals surface area contributed by atoms with Gasteiger partial charge in [0.25, 0.3) is 0 Å². The van der Waals surface area contributed by atoms with Crippen molar-refractivity contribution in [3.63, 3.8) is 0 Å². The highest BCUT2D eigenvalue weighted by Crippen LogP contribution is 2.35. The number of esters is 4. The minimum absolute atomic E-state index is 0.106. The number of nitrogens with zero attached hydrogens (tertiary/aromatic N) is 1. The Kier molecular flexibility index (Phi) is 24.6. The molecule has 1 fully saturated rings. The zero-order chi connectivity index (χ0) is 50.5. The summed E-state index contributed by atoms with van der Waals surface area (Å²) in [4.78, 5) is 49.5. The number of hydrogen-bond acceptors (Lipinski definition) is 12. The summed E-state index contributed by atoms with van der Waals surface area (Å²) in [5.41, 5.74) is 4.53. The van der Waals surface area contributed by atoms with Gasteiger partial charge in [0, 0.05) is 6.08 Å². The summed E-state index contributed by atoms with van der Waals surface area (Å²) in [7, 11) is 0. The fraction of sp³-hybridized carbons (Fsp3) is 0.475. The van der Waals surface area contributed by atoms with Gasteiger partial charge in [0.05, 0.1) is 68.7 Å². The topological polar surface area (TPSA) is 157 Å². The summed E-state index contributed by atoms with van der Waals surface area (Å²) in [5.74, 6) is 0.747. The van der Waals surface area contributed by atoms with Gasteiger partial charge >= 0.3 is 23.9 Å². The zero-order valence-corrected chi connectivity index (χ0v) is 41.8. The van der Waals surface area contributed by atoms with Crippen LogP contribution in [-0.4, -0.2) is 69.6 Å². The van der Waals surface area contributed by atoms with Gasteiger partial charge in [-0.15, -0.1) is 0 Å². The molecule has 1 saturated carbocycles. The van der Waals surface area contributed by atoms with Crippen molar-refractivity contribution in [3.8, 4) is 34.4 Å². The average Bonchev–Trinajstić information content (AvgIpc) is 3.40. The van der Waals surface area contributed by atoms with Crippen LogP contribution in [0, 0.1) is 23.2 Å². The largest absolute Gasteiger partial charge is 0.494 e. The third-order valence-electron chi connectivity index (χ3n) is 12.8. The molecule has 12 nitrogen and oxygen atoms in total. The highest BCUT2D eigenvalue weighted by Gasteiger charge is 2.27. The lowest BCUT2D eigenvalue weighted by Crippen LogP contribution is -2.24. The van der Waals surface area contributed by atoms with E-state index in [9.17, 15) is 19.2 Å². The molecule has 12 heteroatoms. The van der Waals surface area contributed by atoms with E-state index in [1.165, 1.54) is 5.56 Å². The average molecular weight is 972 g/mol. The number of ether oxygens (including phenoxy) is 7. The highest BCUT2D eigenvalue weighted by atomic mass is 16.5. The Morgan fingerprint density at radius 3 is 1.56 bits per heavy atom. The van der Waals surface area contributed by atoms with Crippen LogP contribution < -0.4 is 14.2 Å². The predicted octanol–water partition coefficient (Wildman–Crippen LogP) is 12.7. The molecule has 0 aromatic heterocycles. The second kappa shape index (κ2) is 31.6. The van der Waals surface area contributed by atoms with E-state index in [4.69, 9.17) is 38.4 Å². The van der Waals surface area contributed by atoms with E-state index in [0.29, 0.717) is 81.7 Å².